The minimum Gasteiger partial charge on any atom is -0.466 e. The highest BCUT2D eigenvalue weighted by molar-refractivity contribution is 5.76. The van der Waals surface area contributed by atoms with Crippen LogP contribution in [-0.4, -0.2) is 47.4 Å². The molecule has 3 N–H and O–H groups in total. The van der Waals surface area contributed by atoms with Gasteiger partial charge in [0.1, 0.15) is 0 Å². The fraction of sp³-hybridized carbons (Fsp3) is 0.929. The van der Waals surface area contributed by atoms with Gasteiger partial charge < -0.3 is 20.3 Å². The second kappa shape index (κ2) is 79.8. The Bertz CT molecular complexity index is 1410. The Morgan fingerprint density at radius 2 is 0.556 bits per heavy atom. The first-order valence-electron chi connectivity index (χ1n) is 41.6. The summed E-state index contributed by atoms with van der Waals surface area (Å²) in [6, 6.07) is -0.539. The zero-order valence-corrected chi connectivity index (χ0v) is 61.4. The molecule has 0 radical (unpaired) electrons. The van der Waals surface area contributed by atoms with Crippen LogP contribution in [0.5, 0.6) is 0 Å². The lowest BCUT2D eigenvalue weighted by Gasteiger charge is -2.22. The number of amides is 1. The topological polar surface area (TPSA) is 95.9 Å². The quantitative estimate of drug-likeness (QED) is 0.0320. The number of carbonyl (C=O) groups excluding carboxylic acids is 2. The number of unbranched alkanes of at least 4 members (excludes halogenated alkanes) is 64. The molecule has 6 nitrogen and oxygen atoms in total. The van der Waals surface area contributed by atoms with Crippen molar-refractivity contribution in [1.82, 2.24) is 5.32 Å². The van der Waals surface area contributed by atoms with Crippen molar-refractivity contribution in [2.45, 2.75) is 488 Å². The number of aliphatic hydroxyl groups excluding tert-OH is 2. The van der Waals surface area contributed by atoms with Gasteiger partial charge in [0.15, 0.2) is 0 Å². The van der Waals surface area contributed by atoms with Crippen molar-refractivity contribution >= 4 is 11.9 Å². The number of allylic oxidation sites excluding steroid dienone is 4. The van der Waals surface area contributed by atoms with Crippen molar-refractivity contribution in [2.75, 3.05) is 13.2 Å². The SMILES string of the molecule is CCCCCC/C=C\C/C=C\CCCCCCCC(=O)OCCCCCCCCCCCCCCCCCCCCCCCCCCCCCCCCCCC(=O)NC(CO)C(O)CCCCCCCCCCCCCCCCCCCCCCCCCCC. The fourth-order valence-electron chi connectivity index (χ4n) is 13.4. The summed E-state index contributed by atoms with van der Waals surface area (Å²) in [5.41, 5.74) is 0. The van der Waals surface area contributed by atoms with E-state index in [1.165, 1.54) is 392 Å². The molecule has 6 heteroatoms. The first-order chi connectivity index (χ1) is 44.5. The maximum atomic E-state index is 12.6. The summed E-state index contributed by atoms with van der Waals surface area (Å²) in [4.78, 5) is 24.7. The van der Waals surface area contributed by atoms with E-state index in [0.717, 1.165) is 51.4 Å². The van der Waals surface area contributed by atoms with Crippen LogP contribution in [-0.2, 0) is 14.3 Å². The molecule has 1 amide bonds. The van der Waals surface area contributed by atoms with Crippen molar-refractivity contribution in [3.05, 3.63) is 24.3 Å². The van der Waals surface area contributed by atoms with Gasteiger partial charge in [0.25, 0.3) is 0 Å². The summed E-state index contributed by atoms with van der Waals surface area (Å²) < 4.78 is 5.50. The molecule has 0 heterocycles. The monoisotopic (exact) mass is 1270 g/mol. The third-order valence-electron chi connectivity index (χ3n) is 19.8. The van der Waals surface area contributed by atoms with Gasteiger partial charge in [0, 0.05) is 12.8 Å². The standard InChI is InChI=1S/C84H163NO5/c1-3-5-7-9-11-13-15-17-19-21-22-23-24-33-36-39-42-45-48-52-56-60-64-68-72-76-82(87)81(80-86)85-83(88)77-73-69-65-61-57-53-49-46-43-40-37-34-31-29-27-25-26-28-30-32-35-38-41-44-47-51-55-59-63-67-71-75-79-90-84(89)78-74-70-66-62-58-54-50-20-18-16-14-12-10-8-6-4-2/h14,16,20,50,81-82,86-87H,3-13,15,17-19,21-49,51-80H2,1-2H3,(H,85,88)/b16-14-,50-20-. The Hall–Kier alpha value is -1.66. The first-order valence-corrected chi connectivity index (χ1v) is 41.6. The Kier molecular flexibility index (Phi) is 78.3. The smallest absolute Gasteiger partial charge is 0.305 e. The number of rotatable bonds is 79. The van der Waals surface area contributed by atoms with E-state index in [1.54, 1.807) is 0 Å². The number of esters is 1. The highest BCUT2D eigenvalue weighted by atomic mass is 16.5. The van der Waals surface area contributed by atoms with Crippen LogP contribution < -0.4 is 5.32 Å². The number of nitrogens with one attached hydrogen (secondary N) is 1. The van der Waals surface area contributed by atoms with Gasteiger partial charge in [-0.25, -0.2) is 0 Å². The summed E-state index contributed by atoms with van der Waals surface area (Å²) in [5.74, 6) is -0.0154. The molecule has 0 aliphatic heterocycles. The molecular weight excluding hydrogens is 1100 g/mol. The number of hydrogen-bond donors (Lipinski definition) is 3. The van der Waals surface area contributed by atoms with Crippen molar-refractivity contribution in [3.8, 4) is 0 Å². The van der Waals surface area contributed by atoms with Crippen molar-refractivity contribution in [1.29, 1.82) is 0 Å². The summed E-state index contributed by atoms with van der Waals surface area (Å²) in [7, 11) is 0. The van der Waals surface area contributed by atoms with Crippen LogP contribution in [0, 0.1) is 0 Å². The molecule has 534 valence electrons. The van der Waals surface area contributed by atoms with Crippen LogP contribution in [0.4, 0.5) is 0 Å². The highest BCUT2D eigenvalue weighted by Crippen LogP contribution is 2.21. The molecule has 0 aliphatic rings. The minimum atomic E-state index is -0.663. The lowest BCUT2D eigenvalue weighted by molar-refractivity contribution is -0.143. The number of carbonyl (C=O) groups is 2. The number of hydrogen-bond acceptors (Lipinski definition) is 5. The summed E-state index contributed by atoms with van der Waals surface area (Å²) in [6.07, 6.45) is 103. The van der Waals surface area contributed by atoms with Crippen LogP contribution in [0.25, 0.3) is 0 Å². The average molecular weight is 1270 g/mol. The Morgan fingerprint density at radius 3 is 0.856 bits per heavy atom. The van der Waals surface area contributed by atoms with E-state index in [0.29, 0.717) is 25.9 Å². The van der Waals surface area contributed by atoms with E-state index < -0.39 is 12.1 Å². The average Bonchev–Trinajstić information content (AvgIpc) is 3.71. The van der Waals surface area contributed by atoms with Crippen LogP contribution in [0.15, 0.2) is 24.3 Å². The zero-order chi connectivity index (χ0) is 64.9. The van der Waals surface area contributed by atoms with Crippen molar-refractivity contribution < 1.29 is 24.5 Å². The molecular formula is C84H163NO5. The maximum absolute atomic E-state index is 12.6. The van der Waals surface area contributed by atoms with Crippen LogP contribution >= 0.6 is 0 Å². The third-order valence-corrected chi connectivity index (χ3v) is 19.8. The second-order valence-corrected chi connectivity index (χ2v) is 28.8. The summed E-state index contributed by atoms with van der Waals surface area (Å²) in [5, 5.41) is 23.5. The molecule has 2 unspecified atom stereocenters. The zero-order valence-electron chi connectivity index (χ0n) is 61.4. The number of ether oxygens (including phenoxy) is 1. The second-order valence-electron chi connectivity index (χ2n) is 28.8. The van der Waals surface area contributed by atoms with Crippen molar-refractivity contribution in [2.24, 2.45) is 0 Å². The summed E-state index contributed by atoms with van der Waals surface area (Å²) >= 11 is 0. The van der Waals surface area contributed by atoms with Crippen molar-refractivity contribution in [3.63, 3.8) is 0 Å². The molecule has 0 aliphatic carbocycles. The van der Waals surface area contributed by atoms with E-state index in [9.17, 15) is 19.8 Å². The molecule has 0 fully saturated rings. The van der Waals surface area contributed by atoms with Gasteiger partial charge >= 0.3 is 5.97 Å². The van der Waals surface area contributed by atoms with E-state index in [-0.39, 0.29) is 18.5 Å². The molecule has 0 spiro atoms. The largest absolute Gasteiger partial charge is 0.466 e. The van der Waals surface area contributed by atoms with Crippen LogP contribution in [0.2, 0.25) is 0 Å². The Balaban J connectivity index is 3.33. The molecule has 0 aromatic rings. The van der Waals surface area contributed by atoms with Gasteiger partial charge in [-0.05, 0) is 57.8 Å². The molecule has 0 rings (SSSR count). The Morgan fingerprint density at radius 1 is 0.311 bits per heavy atom. The van der Waals surface area contributed by atoms with Gasteiger partial charge in [-0.3, -0.25) is 9.59 Å². The summed E-state index contributed by atoms with van der Waals surface area (Å²) in [6.45, 7) is 4.99. The van der Waals surface area contributed by atoms with E-state index in [2.05, 4.69) is 43.5 Å². The highest BCUT2D eigenvalue weighted by Gasteiger charge is 2.20. The van der Waals surface area contributed by atoms with Gasteiger partial charge in [-0.1, -0.05) is 430 Å². The molecule has 0 saturated carbocycles. The maximum Gasteiger partial charge on any atom is 0.305 e. The van der Waals surface area contributed by atoms with E-state index in [1.807, 2.05) is 0 Å². The molecule has 0 aromatic heterocycles. The third kappa shape index (κ3) is 75.4. The fourth-order valence-corrected chi connectivity index (χ4v) is 13.4. The molecule has 0 bridgehead atoms. The Labute approximate surface area is 564 Å². The lowest BCUT2D eigenvalue weighted by Crippen LogP contribution is -2.45. The predicted molar refractivity (Wildman–Crippen MR) is 398 cm³/mol. The first kappa shape index (κ1) is 88.3. The van der Waals surface area contributed by atoms with Gasteiger partial charge in [-0.2, -0.15) is 0 Å². The lowest BCUT2D eigenvalue weighted by atomic mass is 10.0. The number of aliphatic hydroxyl groups is 2. The molecule has 2 atom stereocenters. The van der Waals surface area contributed by atoms with Gasteiger partial charge in [0.05, 0.1) is 25.4 Å². The van der Waals surface area contributed by atoms with Gasteiger partial charge in [-0.15, -0.1) is 0 Å². The predicted octanol–water partition coefficient (Wildman–Crippen LogP) is 27.6. The van der Waals surface area contributed by atoms with Crippen LogP contribution in [0.1, 0.15) is 476 Å². The normalized spacial score (nSPS) is 12.5. The molecule has 0 aromatic carbocycles. The van der Waals surface area contributed by atoms with Crippen LogP contribution in [0.3, 0.4) is 0 Å². The molecule has 0 saturated heterocycles. The molecule has 90 heavy (non-hydrogen) atoms. The van der Waals surface area contributed by atoms with Gasteiger partial charge in [0.2, 0.25) is 5.91 Å². The van der Waals surface area contributed by atoms with E-state index in [4.69, 9.17) is 4.74 Å². The minimum absolute atomic E-state index is 0.00885. The van der Waals surface area contributed by atoms with E-state index >= 15 is 0 Å².